The van der Waals surface area contributed by atoms with Crippen molar-refractivity contribution in [3.05, 3.63) is 63.9 Å². The zero-order chi connectivity index (χ0) is 13.7. The van der Waals surface area contributed by atoms with Gasteiger partial charge in [0, 0.05) is 23.1 Å². The molecular weight excluding hydrogens is 328 g/mol. The van der Waals surface area contributed by atoms with Crippen LogP contribution >= 0.6 is 27.5 Å². The second kappa shape index (κ2) is 6.68. The van der Waals surface area contributed by atoms with Gasteiger partial charge in [0.05, 0.1) is 0 Å². The van der Waals surface area contributed by atoms with Gasteiger partial charge in [0.1, 0.15) is 5.69 Å². The number of nitrogens with one attached hydrogen (secondary N) is 1. The molecule has 0 fully saturated rings. The van der Waals surface area contributed by atoms with Crippen LogP contribution < -0.4 is 5.32 Å². The largest absolute Gasteiger partial charge is 0.347 e. The molecule has 19 heavy (non-hydrogen) atoms. The number of benzene rings is 1. The van der Waals surface area contributed by atoms with Crippen molar-refractivity contribution in [2.45, 2.75) is 12.4 Å². The highest BCUT2D eigenvalue weighted by atomic mass is 79.9. The first-order valence-electron chi connectivity index (χ1n) is 5.72. The van der Waals surface area contributed by atoms with Gasteiger partial charge in [-0.05, 0) is 39.2 Å². The summed E-state index contributed by atoms with van der Waals surface area (Å²) in [6, 6.07) is 11.3. The zero-order valence-corrected chi connectivity index (χ0v) is 12.4. The molecule has 0 aliphatic carbocycles. The fourth-order valence-electron chi connectivity index (χ4n) is 1.53. The van der Waals surface area contributed by atoms with Crippen LogP contribution in [0.1, 0.15) is 21.6 Å². The summed E-state index contributed by atoms with van der Waals surface area (Å²) in [6.07, 6.45) is 1.60. The van der Waals surface area contributed by atoms with Gasteiger partial charge in [-0.3, -0.25) is 4.79 Å². The predicted octanol–water partition coefficient (Wildman–Crippen LogP) is 3.51. The number of halogens is 2. The number of hydrogen-bond donors (Lipinski definition) is 1. The minimum Gasteiger partial charge on any atom is -0.347 e. The lowest BCUT2D eigenvalue weighted by Gasteiger charge is -2.05. The van der Waals surface area contributed by atoms with Gasteiger partial charge in [-0.1, -0.05) is 24.3 Å². The quantitative estimate of drug-likeness (QED) is 0.866. The molecule has 5 heteroatoms. The van der Waals surface area contributed by atoms with Crippen molar-refractivity contribution in [2.24, 2.45) is 0 Å². The van der Waals surface area contributed by atoms with E-state index in [9.17, 15) is 4.79 Å². The fourth-order valence-corrected chi connectivity index (χ4v) is 1.94. The van der Waals surface area contributed by atoms with Crippen molar-refractivity contribution < 1.29 is 4.79 Å². The standard InChI is InChI=1S/C14H12BrClN2O/c15-12-5-6-13(17-9-12)14(19)18-8-11-3-1-10(7-16)2-4-11/h1-6,9H,7-8H2,(H,18,19). The summed E-state index contributed by atoms with van der Waals surface area (Å²) in [4.78, 5) is 15.9. The Morgan fingerprint density at radius 2 is 1.84 bits per heavy atom. The lowest BCUT2D eigenvalue weighted by atomic mass is 10.1. The fraction of sp³-hybridized carbons (Fsp3) is 0.143. The second-order valence-corrected chi connectivity index (χ2v) is 5.18. The lowest BCUT2D eigenvalue weighted by molar-refractivity contribution is 0.0946. The Bertz CT molecular complexity index is 555. The Balaban J connectivity index is 1.94. The van der Waals surface area contributed by atoms with E-state index in [4.69, 9.17) is 11.6 Å². The first-order valence-corrected chi connectivity index (χ1v) is 7.05. The summed E-state index contributed by atoms with van der Waals surface area (Å²) >= 11 is 9.00. The highest BCUT2D eigenvalue weighted by molar-refractivity contribution is 9.10. The second-order valence-electron chi connectivity index (χ2n) is 3.99. The Hall–Kier alpha value is -1.39. The maximum atomic E-state index is 11.8. The number of rotatable bonds is 4. The molecule has 1 N–H and O–H groups in total. The van der Waals surface area contributed by atoms with E-state index in [0.717, 1.165) is 15.6 Å². The number of amides is 1. The highest BCUT2D eigenvalue weighted by Crippen LogP contribution is 2.08. The molecule has 1 aromatic carbocycles. The average molecular weight is 340 g/mol. The van der Waals surface area contributed by atoms with Crippen LogP contribution in [-0.2, 0) is 12.4 Å². The van der Waals surface area contributed by atoms with Gasteiger partial charge in [-0.25, -0.2) is 4.98 Å². The molecule has 0 unspecified atom stereocenters. The predicted molar refractivity (Wildman–Crippen MR) is 79.1 cm³/mol. The molecule has 0 aliphatic heterocycles. The molecule has 0 atom stereocenters. The lowest BCUT2D eigenvalue weighted by Crippen LogP contribution is -2.23. The molecule has 0 radical (unpaired) electrons. The highest BCUT2D eigenvalue weighted by Gasteiger charge is 2.06. The van der Waals surface area contributed by atoms with Crippen molar-refractivity contribution in [2.75, 3.05) is 0 Å². The summed E-state index contributed by atoms with van der Waals surface area (Å²) < 4.78 is 0.848. The molecule has 2 aromatic rings. The molecular formula is C14H12BrClN2O. The third-order valence-electron chi connectivity index (χ3n) is 2.59. The van der Waals surface area contributed by atoms with Crippen molar-refractivity contribution >= 4 is 33.4 Å². The molecule has 98 valence electrons. The Labute approximate surface area is 125 Å². The molecule has 0 aliphatic rings. The van der Waals surface area contributed by atoms with Crippen molar-refractivity contribution in [1.29, 1.82) is 0 Å². The molecule has 3 nitrogen and oxygen atoms in total. The molecule has 0 bridgehead atoms. The minimum absolute atomic E-state index is 0.186. The minimum atomic E-state index is -0.186. The number of aromatic nitrogens is 1. The molecule has 0 spiro atoms. The van der Waals surface area contributed by atoms with Gasteiger partial charge in [0.2, 0.25) is 0 Å². The number of nitrogens with zero attached hydrogens (tertiary/aromatic N) is 1. The molecule has 1 aromatic heterocycles. The maximum Gasteiger partial charge on any atom is 0.270 e. The summed E-state index contributed by atoms with van der Waals surface area (Å²) in [7, 11) is 0. The van der Waals surface area contributed by atoms with Crippen molar-refractivity contribution in [3.63, 3.8) is 0 Å². The van der Waals surface area contributed by atoms with Crippen LogP contribution in [0.15, 0.2) is 47.1 Å². The van der Waals surface area contributed by atoms with E-state index in [-0.39, 0.29) is 5.91 Å². The topological polar surface area (TPSA) is 42.0 Å². The van der Waals surface area contributed by atoms with Crippen molar-refractivity contribution in [1.82, 2.24) is 10.3 Å². The number of hydrogen-bond acceptors (Lipinski definition) is 2. The van der Waals surface area contributed by atoms with E-state index in [1.165, 1.54) is 0 Å². The molecule has 0 saturated heterocycles. The summed E-state index contributed by atoms with van der Waals surface area (Å²) in [6.45, 7) is 0.471. The van der Waals surface area contributed by atoms with Gasteiger partial charge >= 0.3 is 0 Å². The first-order chi connectivity index (χ1) is 9.19. The Kier molecular flexibility index (Phi) is 4.93. The van der Waals surface area contributed by atoms with E-state index in [1.807, 2.05) is 24.3 Å². The number of alkyl halides is 1. The van der Waals surface area contributed by atoms with Crippen LogP contribution in [-0.4, -0.2) is 10.9 Å². The van der Waals surface area contributed by atoms with E-state index in [2.05, 4.69) is 26.2 Å². The monoisotopic (exact) mass is 338 g/mol. The van der Waals surface area contributed by atoms with Gasteiger partial charge in [0.25, 0.3) is 5.91 Å². The van der Waals surface area contributed by atoms with E-state index >= 15 is 0 Å². The van der Waals surface area contributed by atoms with E-state index in [1.54, 1.807) is 18.3 Å². The first kappa shape index (κ1) is 14.0. The van der Waals surface area contributed by atoms with Crippen LogP contribution in [0.25, 0.3) is 0 Å². The number of carbonyl (C=O) groups is 1. The summed E-state index contributed by atoms with van der Waals surface area (Å²) in [5.41, 5.74) is 2.49. The van der Waals surface area contributed by atoms with Crippen LogP contribution in [0.4, 0.5) is 0 Å². The van der Waals surface area contributed by atoms with Crippen molar-refractivity contribution in [3.8, 4) is 0 Å². The summed E-state index contributed by atoms with van der Waals surface area (Å²) in [5, 5.41) is 2.82. The van der Waals surface area contributed by atoms with Crippen LogP contribution in [0.2, 0.25) is 0 Å². The van der Waals surface area contributed by atoms with Gasteiger partial charge in [0.15, 0.2) is 0 Å². The van der Waals surface area contributed by atoms with Gasteiger partial charge in [-0.2, -0.15) is 0 Å². The Morgan fingerprint density at radius 3 is 2.42 bits per heavy atom. The third kappa shape index (κ3) is 4.04. The van der Waals surface area contributed by atoms with Crippen LogP contribution in [0, 0.1) is 0 Å². The molecule has 1 amide bonds. The van der Waals surface area contributed by atoms with Crippen LogP contribution in [0.5, 0.6) is 0 Å². The number of carbonyl (C=O) groups excluding carboxylic acids is 1. The molecule has 0 saturated carbocycles. The zero-order valence-electron chi connectivity index (χ0n) is 10.1. The van der Waals surface area contributed by atoms with Gasteiger partial charge in [-0.15, -0.1) is 11.6 Å². The number of pyridine rings is 1. The van der Waals surface area contributed by atoms with E-state index < -0.39 is 0 Å². The van der Waals surface area contributed by atoms with Crippen LogP contribution in [0.3, 0.4) is 0 Å². The third-order valence-corrected chi connectivity index (χ3v) is 3.37. The Morgan fingerprint density at radius 1 is 1.16 bits per heavy atom. The normalized spacial score (nSPS) is 10.2. The average Bonchev–Trinajstić information content (AvgIpc) is 2.46. The SMILES string of the molecule is O=C(NCc1ccc(CCl)cc1)c1ccc(Br)cn1. The van der Waals surface area contributed by atoms with Gasteiger partial charge < -0.3 is 5.32 Å². The van der Waals surface area contributed by atoms with E-state index in [0.29, 0.717) is 18.1 Å². The smallest absolute Gasteiger partial charge is 0.270 e. The molecule has 2 rings (SSSR count). The molecule has 1 heterocycles. The maximum absolute atomic E-state index is 11.8. The summed E-state index contributed by atoms with van der Waals surface area (Å²) in [5.74, 6) is 0.309.